The second-order valence-electron chi connectivity index (χ2n) is 5.07. The van der Waals surface area contributed by atoms with Crippen LogP contribution in [-0.2, 0) is 9.53 Å². The van der Waals surface area contributed by atoms with Crippen LogP contribution in [0.4, 0.5) is 5.69 Å². The van der Waals surface area contributed by atoms with Gasteiger partial charge < -0.3 is 10.1 Å². The zero-order valence-corrected chi connectivity index (χ0v) is 16.4. The first-order chi connectivity index (χ1) is 12.7. The van der Waals surface area contributed by atoms with Gasteiger partial charge in [-0.15, -0.1) is 22.7 Å². The summed E-state index contributed by atoms with van der Waals surface area (Å²) in [4.78, 5) is 30.0. The number of thiazole rings is 1. The maximum Gasteiger partial charge on any atom is 0.350 e. The van der Waals surface area contributed by atoms with Crippen LogP contribution in [-0.4, -0.2) is 29.2 Å². The fraction of sp³-hybridized carbons (Fsp3) is 0.167. The highest BCUT2D eigenvalue weighted by atomic mass is 32.2. The Morgan fingerprint density at radius 3 is 2.77 bits per heavy atom. The van der Waals surface area contributed by atoms with E-state index in [0.29, 0.717) is 10.6 Å². The van der Waals surface area contributed by atoms with Crippen molar-refractivity contribution in [1.29, 1.82) is 0 Å². The number of esters is 1. The molecule has 0 spiro atoms. The van der Waals surface area contributed by atoms with Crippen molar-refractivity contribution in [2.24, 2.45) is 0 Å². The quantitative estimate of drug-likeness (QED) is 0.453. The number of carbonyl (C=O) groups is 2. The van der Waals surface area contributed by atoms with Gasteiger partial charge in [-0.1, -0.05) is 42.1 Å². The van der Waals surface area contributed by atoms with Crippen molar-refractivity contribution >= 4 is 52.0 Å². The number of aromatic nitrogens is 1. The summed E-state index contributed by atoms with van der Waals surface area (Å²) in [6, 6.07) is 11.5. The Balaban J connectivity index is 1.78. The molecule has 8 heteroatoms. The molecule has 3 rings (SSSR count). The van der Waals surface area contributed by atoms with Gasteiger partial charge in [0.2, 0.25) is 5.91 Å². The lowest BCUT2D eigenvalue weighted by Crippen LogP contribution is -2.16. The monoisotopic (exact) mass is 404 g/mol. The van der Waals surface area contributed by atoms with E-state index in [-0.39, 0.29) is 18.3 Å². The van der Waals surface area contributed by atoms with Gasteiger partial charge in [-0.2, -0.15) is 0 Å². The number of nitrogens with one attached hydrogen (secondary N) is 1. The SMILES string of the molecule is CCOC(=O)c1sc(-c2ccccc2)cc1NC(=O)CSc1nccs1. The maximum absolute atomic E-state index is 12.3. The molecule has 0 unspecified atom stereocenters. The zero-order valence-electron chi connectivity index (χ0n) is 13.9. The lowest BCUT2D eigenvalue weighted by molar-refractivity contribution is -0.113. The minimum absolute atomic E-state index is 0.187. The maximum atomic E-state index is 12.3. The number of amides is 1. The number of nitrogens with zero attached hydrogens (tertiary/aromatic N) is 1. The summed E-state index contributed by atoms with van der Waals surface area (Å²) >= 11 is 4.16. The number of ether oxygens (including phenoxy) is 1. The van der Waals surface area contributed by atoms with E-state index in [2.05, 4.69) is 10.3 Å². The minimum Gasteiger partial charge on any atom is -0.462 e. The number of anilines is 1. The van der Waals surface area contributed by atoms with Crippen molar-refractivity contribution in [3.8, 4) is 10.4 Å². The van der Waals surface area contributed by atoms with Crippen LogP contribution < -0.4 is 5.32 Å². The predicted octanol–water partition coefficient (Wildman–Crippen LogP) is 4.78. The van der Waals surface area contributed by atoms with Crippen molar-refractivity contribution in [2.75, 3.05) is 17.7 Å². The second kappa shape index (κ2) is 8.98. The van der Waals surface area contributed by atoms with Crippen LogP contribution in [0.25, 0.3) is 10.4 Å². The zero-order chi connectivity index (χ0) is 18.4. The molecule has 0 aliphatic carbocycles. The molecular weight excluding hydrogens is 388 g/mol. The average Bonchev–Trinajstić information content (AvgIpc) is 3.31. The largest absolute Gasteiger partial charge is 0.462 e. The number of rotatable bonds is 7. The van der Waals surface area contributed by atoms with Crippen LogP contribution in [0.5, 0.6) is 0 Å². The van der Waals surface area contributed by atoms with E-state index in [9.17, 15) is 9.59 Å². The first kappa shape index (κ1) is 18.6. The molecule has 2 aromatic heterocycles. The van der Waals surface area contributed by atoms with Crippen molar-refractivity contribution in [3.05, 3.63) is 52.9 Å². The Morgan fingerprint density at radius 1 is 1.27 bits per heavy atom. The molecule has 0 atom stereocenters. The van der Waals surface area contributed by atoms with Gasteiger partial charge in [0.15, 0.2) is 0 Å². The fourth-order valence-electron chi connectivity index (χ4n) is 2.17. The van der Waals surface area contributed by atoms with E-state index in [0.717, 1.165) is 14.8 Å². The van der Waals surface area contributed by atoms with Crippen LogP contribution >= 0.6 is 34.4 Å². The molecular formula is C18H16N2O3S3. The summed E-state index contributed by atoms with van der Waals surface area (Å²) in [7, 11) is 0. The Bertz CT molecular complexity index is 876. The van der Waals surface area contributed by atoms with E-state index in [1.54, 1.807) is 13.1 Å². The summed E-state index contributed by atoms with van der Waals surface area (Å²) in [5.41, 5.74) is 1.47. The van der Waals surface area contributed by atoms with Gasteiger partial charge in [-0.25, -0.2) is 9.78 Å². The van der Waals surface area contributed by atoms with E-state index in [1.807, 2.05) is 41.8 Å². The Kier molecular flexibility index (Phi) is 6.43. The molecule has 1 amide bonds. The molecule has 0 radical (unpaired) electrons. The van der Waals surface area contributed by atoms with Crippen LogP contribution in [0.1, 0.15) is 16.6 Å². The Morgan fingerprint density at radius 2 is 2.08 bits per heavy atom. The smallest absolute Gasteiger partial charge is 0.350 e. The van der Waals surface area contributed by atoms with Crippen LogP contribution in [0.2, 0.25) is 0 Å². The number of thioether (sulfide) groups is 1. The first-order valence-corrected chi connectivity index (χ1v) is 10.5. The standard InChI is InChI=1S/C18H16N2O3S3/c1-2-23-17(22)16-13(10-14(26-16)12-6-4-3-5-7-12)20-15(21)11-25-18-19-8-9-24-18/h3-10H,2,11H2,1H3,(H,20,21). The summed E-state index contributed by atoms with van der Waals surface area (Å²) in [6.45, 7) is 2.04. The predicted molar refractivity (Wildman–Crippen MR) is 107 cm³/mol. The van der Waals surface area contributed by atoms with E-state index >= 15 is 0 Å². The van der Waals surface area contributed by atoms with Crippen molar-refractivity contribution in [3.63, 3.8) is 0 Å². The number of hydrogen-bond acceptors (Lipinski definition) is 7. The minimum atomic E-state index is -0.428. The van der Waals surface area contributed by atoms with Crippen molar-refractivity contribution in [2.45, 2.75) is 11.3 Å². The molecule has 0 bridgehead atoms. The van der Waals surface area contributed by atoms with Gasteiger partial charge in [0.05, 0.1) is 18.0 Å². The highest BCUT2D eigenvalue weighted by molar-refractivity contribution is 8.01. The molecule has 5 nitrogen and oxygen atoms in total. The molecule has 2 heterocycles. The molecule has 0 saturated carbocycles. The molecule has 1 aromatic carbocycles. The highest BCUT2D eigenvalue weighted by Crippen LogP contribution is 2.35. The van der Waals surface area contributed by atoms with Crippen molar-refractivity contribution in [1.82, 2.24) is 4.98 Å². The summed E-state index contributed by atoms with van der Waals surface area (Å²) < 4.78 is 5.96. The molecule has 0 aliphatic heterocycles. The average molecular weight is 405 g/mol. The van der Waals surface area contributed by atoms with E-state index in [4.69, 9.17) is 4.74 Å². The molecule has 0 aliphatic rings. The molecule has 134 valence electrons. The van der Waals surface area contributed by atoms with Crippen LogP contribution in [0.3, 0.4) is 0 Å². The van der Waals surface area contributed by atoms with Crippen LogP contribution in [0, 0.1) is 0 Å². The lowest BCUT2D eigenvalue weighted by atomic mass is 10.2. The molecule has 1 N–H and O–H groups in total. The van der Waals surface area contributed by atoms with Crippen molar-refractivity contribution < 1.29 is 14.3 Å². The topological polar surface area (TPSA) is 68.3 Å². The van der Waals surface area contributed by atoms with Gasteiger partial charge in [-0.05, 0) is 18.6 Å². The third-order valence-electron chi connectivity index (χ3n) is 3.26. The van der Waals surface area contributed by atoms with Crippen LogP contribution in [0.15, 0.2) is 52.3 Å². The van der Waals surface area contributed by atoms with Gasteiger partial charge in [0.1, 0.15) is 9.22 Å². The van der Waals surface area contributed by atoms with Gasteiger partial charge in [0, 0.05) is 16.5 Å². The fourth-order valence-corrected chi connectivity index (χ4v) is 4.62. The normalized spacial score (nSPS) is 10.5. The summed E-state index contributed by atoms with van der Waals surface area (Å²) in [5, 5.41) is 4.69. The number of benzene rings is 1. The number of thiophene rings is 1. The summed E-state index contributed by atoms with van der Waals surface area (Å²) in [6.07, 6.45) is 1.70. The molecule has 26 heavy (non-hydrogen) atoms. The number of carbonyl (C=O) groups excluding carboxylic acids is 2. The Labute approximate surface area is 163 Å². The van der Waals surface area contributed by atoms with Gasteiger partial charge in [0.25, 0.3) is 0 Å². The summed E-state index contributed by atoms with van der Waals surface area (Å²) in [5.74, 6) is -0.387. The first-order valence-electron chi connectivity index (χ1n) is 7.86. The molecule has 0 fully saturated rings. The molecule has 3 aromatic rings. The van der Waals surface area contributed by atoms with Gasteiger partial charge in [-0.3, -0.25) is 4.79 Å². The van der Waals surface area contributed by atoms with E-state index < -0.39 is 5.97 Å². The molecule has 0 saturated heterocycles. The lowest BCUT2D eigenvalue weighted by Gasteiger charge is -2.05. The third kappa shape index (κ3) is 4.72. The highest BCUT2D eigenvalue weighted by Gasteiger charge is 2.20. The number of hydrogen-bond donors (Lipinski definition) is 1. The van der Waals surface area contributed by atoms with Gasteiger partial charge >= 0.3 is 5.97 Å². The third-order valence-corrected chi connectivity index (χ3v) is 6.39. The Hall–Kier alpha value is -2.16. The van der Waals surface area contributed by atoms with E-state index in [1.165, 1.54) is 34.4 Å². The second-order valence-corrected chi connectivity index (χ2v) is 8.24.